The molecule has 0 radical (unpaired) electrons. The van der Waals surface area contributed by atoms with Crippen molar-refractivity contribution in [2.45, 2.75) is 12.8 Å². The van der Waals surface area contributed by atoms with Crippen LogP contribution in [0.25, 0.3) is 0 Å². The number of hydrogen-bond acceptors (Lipinski definition) is 4. The van der Waals surface area contributed by atoms with Crippen molar-refractivity contribution in [2.24, 2.45) is 0 Å². The van der Waals surface area contributed by atoms with Gasteiger partial charge < -0.3 is 15.5 Å². The van der Waals surface area contributed by atoms with Gasteiger partial charge in [0.15, 0.2) is 0 Å². The molecule has 2 N–H and O–H groups in total. The van der Waals surface area contributed by atoms with Crippen molar-refractivity contribution in [3.63, 3.8) is 0 Å². The van der Waals surface area contributed by atoms with Crippen molar-refractivity contribution >= 4 is 23.4 Å². The summed E-state index contributed by atoms with van der Waals surface area (Å²) in [7, 11) is 0. The summed E-state index contributed by atoms with van der Waals surface area (Å²) in [6.07, 6.45) is 4.53. The SMILES string of the molecule is O=C(NCCNC(=O)c1cccnc1)c1ccc(N2CCCC2=O)cc1. The lowest BCUT2D eigenvalue weighted by molar-refractivity contribution is -0.117. The third-order valence-electron chi connectivity index (χ3n) is 4.13. The summed E-state index contributed by atoms with van der Waals surface area (Å²) in [5, 5.41) is 5.47. The third-order valence-corrected chi connectivity index (χ3v) is 4.13. The molecule has 3 rings (SSSR count). The lowest BCUT2D eigenvalue weighted by Crippen LogP contribution is -2.34. The zero-order valence-corrected chi connectivity index (χ0v) is 14.3. The maximum atomic E-state index is 12.1. The Morgan fingerprint density at radius 3 is 2.27 bits per heavy atom. The molecular formula is C19H20N4O3. The minimum absolute atomic E-state index is 0.117. The molecular weight excluding hydrogens is 332 g/mol. The van der Waals surface area contributed by atoms with E-state index < -0.39 is 0 Å². The molecule has 0 aliphatic carbocycles. The number of rotatable bonds is 6. The highest BCUT2D eigenvalue weighted by Crippen LogP contribution is 2.21. The molecule has 2 heterocycles. The van der Waals surface area contributed by atoms with Crippen LogP contribution in [0.3, 0.4) is 0 Å². The fourth-order valence-corrected chi connectivity index (χ4v) is 2.77. The van der Waals surface area contributed by atoms with Gasteiger partial charge in [-0.25, -0.2) is 0 Å². The van der Waals surface area contributed by atoms with E-state index in [0.717, 1.165) is 18.7 Å². The first-order chi connectivity index (χ1) is 12.6. The Morgan fingerprint density at radius 2 is 1.69 bits per heavy atom. The van der Waals surface area contributed by atoms with E-state index in [0.29, 0.717) is 30.6 Å². The Balaban J connectivity index is 1.45. The van der Waals surface area contributed by atoms with Crippen LogP contribution in [0.5, 0.6) is 0 Å². The van der Waals surface area contributed by atoms with Crippen LogP contribution in [0.15, 0.2) is 48.8 Å². The zero-order chi connectivity index (χ0) is 18.4. The lowest BCUT2D eigenvalue weighted by atomic mass is 10.2. The molecule has 1 aliphatic rings. The van der Waals surface area contributed by atoms with Crippen molar-refractivity contribution in [2.75, 3.05) is 24.5 Å². The number of aromatic nitrogens is 1. The van der Waals surface area contributed by atoms with Gasteiger partial charge in [0.05, 0.1) is 5.56 Å². The second kappa shape index (κ2) is 8.24. The van der Waals surface area contributed by atoms with Gasteiger partial charge in [0.2, 0.25) is 5.91 Å². The normalized spacial score (nSPS) is 13.5. The van der Waals surface area contributed by atoms with Crippen molar-refractivity contribution in [1.29, 1.82) is 0 Å². The molecule has 1 saturated heterocycles. The van der Waals surface area contributed by atoms with Crippen molar-refractivity contribution in [3.05, 3.63) is 59.9 Å². The summed E-state index contributed by atoms with van der Waals surface area (Å²) in [5.74, 6) is -0.335. The second-order valence-electron chi connectivity index (χ2n) is 5.95. The van der Waals surface area contributed by atoms with Gasteiger partial charge in [-0.15, -0.1) is 0 Å². The molecule has 1 aliphatic heterocycles. The fraction of sp³-hybridized carbons (Fsp3) is 0.263. The molecule has 26 heavy (non-hydrogen) atoms. The molecule has 7 nitrogen and oxygen atoms in total. The van der Waals surface area contributed by atoms with E-state index in [-0.39, 0.29) is 17.7 Å². The number of carbonyl (C=O) groups excluding carboxylic acids is 3. The molecule has 0 atom stereocenters. The van der Waals surface area contributed by atoms with E-state index in [1.165, 1.54) is 6.20 Å². The summed E-state index contributed by atoms with van der Waals surface area (Å²) in [6.45, 7) is 1.36. The first kappa shape index (κ1) is 17.6. The maximum absolute atomic E-state index is 12.1. The highest BCUT2D eigenvalue weighted by atomic mass is 16.2. The molecule has 134 valence electrons. The Bertz CT molecular complexity index is 790. The number of nitrogens with one attached hydrogen (secondary N) is 2. The van der Waals surface area contributed by atoms with Crippen molar-refractivity contribution in [3.8, 4) is 0 Å². The minimum atomic E-state index is -0.230. The predicted molar refractivity (Wildman–Crippen MR) is 96.9 cm³/mol. The Kier molecular flexibility index (Phi) is 5.58. The van der Waals surface area contributed by atoms with Gasteiger partial charge in [-0.3, -0.25) is 19.4 Å². The van der Waals surface area contributed by atoms with Gasteiger partial charge in [0.25, 0.3) is 11.8 Å². The highest BCUT2D eigenvalue weighted by molar-refractivity contribution is 5.97. The number of amides is 3. The van der Waals surface area contributed by atoms with Gasteiger partial charge in [-0.05, 0) is 42.8 Å². The van der Waals surface area contributed by atoms with Crippen LogP contribution in [0.2, 0.25) is 0 Å². The predicted octanol–water partition coefficient (Wildman–Crippen LogP) is 1.37. The quantitative estimate of drug-likeness (QED) is 0.768. The standard InChI is InChI=1S/C19H20N4O3/c24-17-4-2-12-23(17)16-7-5-14(6-8-16)18(25)21-10-11-22-19(26)15-3-1-9-20-13-15/h1,3,5-9,13H,2,4,10-12H2,(H,21,25)(H,22,26). The molecule has 1 fully saturated rings. The van der Waals surface area contributed by atoms with Crippen LogP contribution in [0, 0.1) is 0 Å². The van der Waals surface area contributed by atoms with Crippen LogP contribution in [0.1, 0.15) is 33.6 Å². The van der Waals surface area contributed by atoms with E-state index >= 15 is 0 Å². The van der Waals surface area contributed by atoms with Gasteiger partial charge in [-0.2, -0.15) is 0 Å². The van der Waals surface area contributed by atoms with Gasteiger partial charge in [-0.1, -0.05) is 0 Å². The fourth-order valence-electron chi connectivity index (χ4n) is 2.77. The van der Waals surface area contributed by atoms with E-state index in [1.807, 2.05) is 0 Å². The number of carbonyl (C=O) groups is 3. The number of anilines is 1. The van der Waals surface area contributed by atoms with Crippen molar-refractivity contribution in [1.82, 2.24) is 15.6 Å². The first-order valence-electron chi connectivity index (χ1n) is 8.52. The van der Waals surface area contributed by atoms with Crippen LogP contribution < -0.4 is 15.5 Å². The van der Waals surface area contributed by atoms with Crippen LogP contribution in [-0.2, 0) is 4.79 Å². The van der Waals surface area contributed by atoms with E-state index in [9.17, 15) is 14.4 Å². The molecule has 0 bridgehead atoms. The Labute approximate surface area is 151 Å². The Hall–Kier alpha value is -3.22. The number of benzene rings is 1. The molecule has 1 aromatic heterocycles. The van der Waals surface area contributed by atoms with E-state index in [1.54, 1.807) is 47.5 Å². The second-order valence-corrected chi connectivity index (χ2v) is 5.95. The average molecular weight is 352 g/mol. The van der Waals surface area contributed by atoms with E-state index in [4.69, 9.17) is 0 Å². The van der Waals surface area contributed by atoms with Crippen LogP contribution >= 0.6 is 0 Å². The summed E-state index contributed by atoms with van der Waals surface area (Å²) in [6, 6.07) is 10.3. The lowest BCUT2D eigenvalue weighted by Gasteiger charge is -2.15. The van der Waals surface area contributed by atoms with Crippen LogP contribution in [0.4, 0.5) is 5.69 Å². The molecule has 0 saturated carbocycles. The molecule has 2 aromatic rings. The van der Waals surface area contributed by atoms with Gasteiger partial charge in [0, 0.05) is 49.7 Å². The number of nitrogens with zero attached hydrogens (tertiary/aromatic N) is 2. The van der Waals surface area contributed by atoms with Gasteiger partial charge >= 0.3 is 0 Å². The maximum Gasteiger partial charge on any atom is 0.252 e. The summed E-state index contributed by atoms with van der Waals surface area (Å²) in [4.78, 5) is 41.3. The van der Waals surface area contributed by atoms with Crippen molar-refractivity contribution < 1.29 is 14.4 Å². The smallest absolute Gasteiger partial charge is 0.252 e. The zero-order valence-electron chi connectivity index (χ0n) is 14.3. The largest absolute Gasteiger partial charge is 0.350 e. The average Bonchev–Trinajstić information content (AvgIpc) is 3.11. The van der Waals surface area contributed by atoms with Crippen LogP contribution in [-0.4, -0.2) is 42.3 Å². The van der Waals surface area contributed by atoms with E-state index in [2.05, 4.69) is 15.6 Å². The number of pyridine rings is 1. The third kappa shape index (κ3) is 4.24. The molecule has 0 unspecified atom stereocenters. The Morgan fingerprint density at radius 1 is 1.00 bits per heavy atom. The minimum Gasteiger partial charge on any atom is -0.350 e. The molecule has 3 amide bonds. The molecule has 0 spiro atoms. The van der Waals surface area contributed by atoms with Gasteiger partial charge in [0.1, 0.15) is 0 Å². The first-order valence-corrected chi connectivity index (χ1v) is 8.52. The highest BCUT2D eigenvalue weighted by Gasteiger charge is 2.21. The topological polar surface area (TPSA) is 91.4 Å². The summed E-state index contributed by atoms with van der Waals surface area (Å²) < 4.78 is 0. The molecule has 7 heteroatoms. The monoisotopic (exact) mass is 352 g/mol. The summed E-state index contributed by atoms with van der Waals surface area (Å²) >= 11 is 0. The molecule has 1 aromatic carbocycles. The summed E-state index contributed by atoms with van der Waals surface area (Å²) in [5.41, 5.74) is 1.80. The number of hydrogen-bond donors (Lipinski definition) is 2.